The molecule has 0 fully saturated rings. The summed E-state index contributed by atoms with van der Waals surface area (Å²) < 4.78 is 1.78. The Hall–Kier alpha value is -1.72. The first-order valence-corrected chi connectivity index (χ1v) is 6.04. The maximum absolute atomic E-state index is 5.63. The molecule has 3 N–H and O–H groups in total. The molecule has 0 aliphatic heterocycles. The van der Waals surface area contributed by atoms with Crippen LogP contribution in [0.2, 0.25) is 0 Å². The molecular weight excluding hydrogens is 226 g/mol. The third kappa shape index (κ3) is 2.94. The van der Waals surface area contributed by atoms with Crippen LogP contribution in [0.5, 0.6) is 0 Å². The highest BCUT2D eigenvalue weighted by molar-refractivity contribution is 5.26. The van der Waals surface area contributed by atoms with Crippen LogP contribution in [0.3, 0.4) is 0 Å². The first-order chi connectivity index (χ1) is 8.70. The first-order valence-electron chi connectivity index (χ1n) is 6.04. The van der Waals surface area contributed by atoms with Gasteiger partial charge in [0.2, 0.25) is 0 Å². The number of aromatic nitrogens is 3. The number of benzene rings is 1. The van der Waals surface area contributed by atoms with E-state index in [0.29, 0.717) is 0 Å². The van der Waals surface area contributed by atoms with Gasteiger partial charge in [0.1, 0.15) is 12.2 Å². The van der Waals surface area contributed by atoms with Crippen LogP contribution in [0, 0.1) is 6.92 Å². The summed E-state index contributed by atoms with van der Waals surface area (Å²) in [4.78, 5) is 4.22. The van der Waals surface area contributed by atoms with Gasteiger partial charge in [0, 0.05) is 19.5 Å². The van der Waals surface area contributed by atoms with Crippen molar-refractivity contribution in [3.8, 4) is 0 Å². The Morgan fingerprint density at radius 2 is 2.11 bits per heavy atom. The summed E-state index contributed by atoms with van der Waals surface area (Å²) in [5.74, 6) is 6.57. The molecule has 0 saturated carbocycles. The second-order valence-electron chi connectivity index (χ2n) is 4.50. The zero-order valence-corrected chi connectivity index (χ0v) is 10.8. The third-order valence-electron chi connectivity index (χ3n) is 3.20. The fourth-order valence-corrected chi connectivity index (χ4v) is 2.02. The van der Waals surface area contributed by atoms with Crippen molar-refractivity contribution in [2.75, 3.05) is 0 Å². The Morgan fingerprint density at radius 1 is 1.33 bits per heavy atom. The van der Waals surface area contributed by atoms with Gasteiger partial charge in [0.05, 0.1) is 0 Å². The number of hydrogen-bond donors (Lipinski definition) is 2. The fraction of sp³-hybridized carbons (Fsp3) is 0.385. The van der Waals surface area contributed by atoms with Crippen molar-refractivity contribution in [2.45, 2.75) is 25.8 Å². The molecule has 1 heterocycles. The van der Waals surface area contributed by atoms with Gasteiger partial charge >= 0.3 is 0 Å². The van der Waals surface area contributed by atoms with Crippen molar-refractivity contribution < 1.29 is 0 Å². The Labute approximate surface area is 107 Å². The fourth-order valence-electron chi connectivity index (χ4n) is 2.02. The smallest absolute Gasteiger partial charge is 0.138 e. The minimum absolute atomic E-state index is 0.161. The van der Waals surface area contributed by atoms with Gasteiger partial charge in [-0.2, -0.15) is 5.10 Å². The van der Waals surface area contributed by atoms with Crippen LogP contribution in [0.4, 0.5) is 0 Å². The molecule has 0 amide bonds. The second-order valence-corrected chi connectivity index (χ2v) is 4.50. The van der Waals surface area contributed by atoms with E-state index in [1.807, 2.05) is 13.1 Å². The van der Waals surface area contributed by atoms with Gasteiger partial charge < -0.3 is 0 Å². The lowest BCUT2D eigenvalue weighted by atomic mass is 9.99. The van der Waals surface area contributed by atoms with E-state index < -0.39 is 0 Å². The minimum Gasteiger partial charge on any atom is -0.271 e. The van der Waals surface area contributed by atoms with Gasteiger partial charge in [-0.1, -0.05) is 24.3 Å². The molecule has 0 aliphatic rings. The van der Waals surface area contributed by atoms with Crippen molar-refractivity contribution in [3.05, 3.63) is 47.5 Å². The number of nitrogens with one attached hydrogen (secondary N) is 1. The molecule has 0 saturated heterocycles. The van der Waals surface area contributed by atoms with Crippen LogP contribution in [0.25, 0.3) is 0 Å². The number of nitrogens with two attached hydrogens (primary N) is 1. The normalized spacial score (nSPS) is 12.6. The molecule has 1 aromatic carbocycles. The summed E-state index contributed by atoms with van der Waals surface area (Å²) in [6, 6.07) is 8.51. The van der Waals surface area contributed by atoms with Gasteiger partial charge in [0.15, 0.2) is 0 Å². The minimum atomic E-state index is 0.161. The largest absolute Gasteiger partial charge is 0.271 e. The molecule has 5 nitrogen and oxygen atoms in total. The molecule has 2 aromatic rings. The Kier molecular flexibility index (Phi) is 4.07. The van der Waals surface area contributed by atoms with E-state index in [2.05, 4.69) is 40.6 Å². The molecule has 18 heavy (non-hydrogen) atoms. The number of nitrogens with zero attached hydrogens (tertiary/aromatic N) is 3. The standard InChI is InChI=1S/C13H19N5/c1-10-5-3-4-6-11(10)7-12(17-14)8-13-15-9-16-18(13)2/h3-6,9,12,17H,7-8,14H2,1-2H3. The van der Waals surface area contributed by atoms with Gasteiger partial charge in [-0.3, -0.25) is 16.0 Å². The third-order valence-corrected chi connectivity index (χ3v) is 3.20. The molecule has 2 rings (SSSR count). The van der Waals surface area contributed by atoms with E-state index in [4.69, 9.17) is 5.84 Å². The SMILES string of the molecule is Cc1ccccc1CC(Cc1ncnn1C)NN. The number of hydrogen-bond acceptors (Lipinski definition) is 4. The van der Waals surface area contributed by atoms with Crippen molar-refractivity contribution in [1.82, 2.24) is 20.2 Å². The van der Waals surface area contributed by atoms with Crippen molar-refractivity contribution >= 4 is 0 Å². The number of rotatable bonds is 5. The van der Waals surface area contributed by atoms with Gasteiger partial charge in [0.25, 0.3) is 0 Å². The Morgan fingerprint density at radius 3 is 2.72 bits per heavy atom. The molecule has 0 aliphatic carbocycles. The van der Waals surface area contributed by atoms with Gasteiger partial charge in [-0.15, -0.1) is 0 Å². The number of hydrazine groups is 1. The average Bonchev–Trinajstić information content (AvgIpc) is 2.77. The molecule has 0 radical (unpaired) electrons. The highest BCUT2D eigenvalue weighted by atomic mass is 15.3. The molecule has 96 valence electrons. The number of aryl methyl sites for hydroxylation is 2. The van der Waals surface area contributed by atoms with E-state index in [-0.39, 0.29) is 6.04 Å². The molecule has 1 unspecified atom stereocenters. The first kappa shape index (κ1) is 12.7. The highest BCUT2D eigenvalue weighted by Gasteiger charge is 2.13. The quantitative estimate of drug-likeness (QED) is 0.602. The maximum Gasteiger partial charge on any atom is 0.138 e. The zero-order valence-electron chi connectivity index (χ0n) is 10.8. The molecule has 0 spiro atoms. The van der Waals surface area contributed by atoms with E-state index in [9.17, 15) is 0 Å². The molecule has 1 aromatic heterocycles. The summed E-state index contributed by atoms with van der Waals surface area (Å²) >= 11 is 0. The van der Waals surface area contributed by atoms with Crippen LogP contribution in [-0.4, -0.2) is 20.8 Å². The van der Waals surface area contributed by atoms with Crippen LogP contribution in [0.15, 0.2) is 30.6 Å². The summed E-state index contributed by atoms with van der Waals surface area (Å²) in [5.41, 5.74) is 5.46. The van der Waals surface area contributed by atoms with Crippen molar-refractivity contribution in [3.63, 3.8) is 0 Å². The van der Waals surface area contributed by atoms with Gasteiger partial charge in [-0.05, 0) is 24.5 Å². The maximum atomic E-state index is 5.63. The van der Waals surface area contributed by atoms with Crippen LogP contribution < -0.4 is 11.3 Å². The average molecular weight is 245 g/mol. The van der Waals surface area contributed by atoms with Crippen LogP contribution in [-0.2, 0) is 19.9 Å². The Bertz CT molecular complexity index is 506. The zero-order chi connectivity index (χ0) is 13.0. The van der Waals surface area contributed by atoms with Crippen molar-refractivity contribution in [1.29, 1.82) is 0 Å². The highest BCUT2D eigenvalue weighted by Crippen LogP contribution is 2.11. The summed E-state index contributed by atoms with van der Waals surface area (Å²) in [5, 5.41) is 4.07. The molecule has 1 atom stereocenters. The predicted octanol–water partition coefficient (Wildman–Crippen LogP) is 0.741. The van der Waals surface area contributed by atoms with E-state index >= 15 is 0 Å². The summed E-state index contributed by atoms with van der Waals surface area (Å²) in [6.45, 7) is 2.12. The lowest BCUT2D eigenvalue weighted by Crippen LogP contribution is -2.39. The predicted molar refractivity (Wildman–Crippen MR) is 70.7 cm³/mol. The molecule has 0 bridgehead atoms. The van der Waals surface area contributed by atoms with Crippen molar-refractivity contribution in [2.24, 2.45) is 12.9 Å². The summed E-state index contributed by atoms with van der Waals surface area (Å²) in [7, 11) is 1.89. The monoisotopic (exact) mass is 245 g/mol. The topological polar surface area (TPSA) is 68.8 Å². The molecule has 5 heteroatoms. The lowest BCUT2D eigenvalue weighted by Gasteiger charge is -2.16. The Balaban J connectivity index is 2.06. The lowest BCUT2D eigenvalue weighted by molar-refractivity contribution is 0.498. The second kappa shape index (κ2) is 5.75. The van der Waals surface area contributed by atoms with Gasteiger partial charge in [-0.25, -0.2) is 4.98 Å². The van der Waals surface area contributed by atoms with Crippen LogP contribution >= 0.6 is 0 Å². The molecular formula is C13H19N5. The van der Waals surface area contributed by atoms with E-state index in [1.165, 1.54) is 11.1 Å². The van der Waals surface area contributed by atoms with E-state index in [0.717, 1.165) is 18.7 Å². The van der Waals surface area contributed by atoms with Crippen LogP contribution in [0.1, 0.15) is 17.0 Å². The summed E-state index contributed by atoms with van der Waals surface area (Å²) in [6.07, 6.45) is 3.22. The van der Waals surface area contributed by atoms with E-state index in [1.54, 1.807) is 11.0 Å².